The summed E-state index contributed by atoms with van der Waals surface area (Å²) in [4.78, 5) is 14.7. The first-order valence-electron chi connectivity index (χ1n) is 10.1. The Kier molecular flexibility index (Phi) is 5.74. The number of ether oxygens (including phenoxy) is 2. The lowest BCUT2D eigenvalue weighted by Gasteiger charge is -2.32. The first kappa shape index (κ1) is 18.7. The summed E-state index contributed by atoms with van der Waals surface area (Å²) >= 11 is 0. The number of amides is 1. The molecule has 2 heterocycles. The maximum Gasteiger partial charge on any atom is 0.257 e. The van der Waals surface area contributed by atoms with Gasteiger partial charge in [-0.15, -0.1) is 5.10 Å². The van der Waals surface area contributed by atoms with Crippen LogP contribution >= 0.6 is 0 Å². The molecule has 1 saturated heterocycles. The summed E-state index contributed by atoms with van der Waals surface area (Å²) in [6, 6.07) is 9.46. The summed E-state index contributed by atoms with van der Waals surface area (Å²) in [5.41, 5.74) is 3.04. The zero-order valence-corrected chi connectivity index (χ0v) is 16.4. The molecule has 0 unspecified atom stereocenters. The average molecular weight is 381 g/mol. The smallest absolute Gasteiger partial charge is 0.257 e. The molecule has 4 rings (SSSR count). The van der Waals surface area contributed by atoms with Gasteiger partial charge in [-0.25, -0.2) is 0 Å². The molecule has 6 heteroatoms. The number of nitrogens with zero attached hydrogens (tertiary/aromatic N) is 3. The Labute approximate surface area is 165 Å². The van der Waals surface area contributed by atoms with Crippen molar-refractivity contribution in [1.29, 1.82) is 0 Å². The van der Waals surface area contributed by atoms with Crippen LogP contribution < -0.4 is 9.47 Å². The average Bonchev–Trinajstić information content (AvgIpc) is 2.77. The van der Waals surface area contributed by atoms with E-state index < -0.39 is 0 Å². The van der Waals surface area contributed by atoms with E-state index in [1.807, 2.05) is 29.2 Å². The van der Waals surface area contributed by atoms with Gasteiger partial charge in [-0.3, -0.25) is 4.79 Å². The molecule has 1 aliphatic carbocycles. The number of hydrogen-bond acceptors (Lipinski definition) is 5. The zero-order valence-electron chi connectivity index (χ0n) is 16.4. The van der Waals surface area contributed by atoms with Crippen LogP contribution in [-0.2, 0) is 12.8 Å². The highest BCUT2D eigenvalue weighted by Crippen LogP contribution is 2.25. The number of likely N-dealkylation sites (tertiary alicyclic amines) is 1. The molecule has 6 nitrogen and oxygen atoms in total. The van der Waals surface area contributed by atoms with Crippen LogP contribution in [-0.4, -0.2) is 47.8 Å². The third-order valence-corrected chi connectivity index (χ3v) is 5.75. The summed E-state index contributed by atoms with van der Waals surface area (Å²) in [5.74, 6) is 1.73. The summed E-state index contributed by atoms with van der Waals surface area (Å²) in [6.07, 6.45) is 6.38. The van der Waals surface area contributed by atoms with Crippen molar-refractivity contribution in [1.82, 2.24) is 15.1 Å². The number of aryl methyl sites for hydroxylation is 2. The maximum atomic E-state index is 12.8. The van der Waals surface area contributed by atoms with E-state index in [1.54, 1.807) is 7.11 Å². The van der Waals surface area contributed by atoms with Crippen LogP contribution in [0, 0.1) is 5.92 Å². The van der Waals surface area contributed by atoms with Crippen LogP contribution in [0.5, 0.6) is 11.6 Å². The Morgan fingerprint density at radius 3 is 2.75 bits per heavy atom. The number of aromatic nitrogens is 2. The van der Waals surface area contributed by atoms with E-state index in [9.17, 15) is 4.79 Å². The van der Waals surface area contributed by atoms with Crippen LogP contribution in [0.1, 0.15) is 47.3 Å². The molecule has 1 fully saturated rings. The van der Waals surface area contributed by atoms with Gasteiger partial charge in [0.15, 0.2) is 0 Å². The molecule has 0 radical (unpaired) electrons. The molecular weight excluding hydrogens is 354 g/mol. The van der Waals surface area contributed by atoms with Gasteiger partial charge >= 0.3 is 0 Å². The highest BCUT2D eigenvalue weighted by Gasteiger charge is 2.26. The van der Waals surface area contributed by atoms with Crippen molar-refractivity contribution in [2.45, 2.75) is 38.5 Å². The van der Waals surface area contributed by atoms with Crippen molar-refractivity contribution < 1.29 is 14.3 Å². The Hall–Kier alpha value is -2.63. The molecule has 0 bridgehead atoms. The first-order chi connectivity index (χ1) is 13.7. The summed E-state index contributed by atoms with van der Waals surface area (Å²) in [6.45, 7) is 2.10. The third kappa shape index (κ3) is 4.11. The summed E-state index contributed by atoms with van der Waals surface area (Å²) in [7, 11) is 1.60. The molecule has 2 aliphatic rings. The van der Waals surface area contributed by atoms with E-state index in [-0.39, 0.29) is 5.91 Å². The molecule has 1 aromatic carbocycles. The quantitative estimate of drug-likeness (QED) is 0.795. The van der Waals surface area contributed by atoms with Gasteiger partial charge in [0.25, 0.3) is 5.91 Å². The van der Waals surface area contributed by atoms with Crippen molar-refractivity contribution in [3.63, 3.8) is 0 Å². The molecule has 0 saturated carbocycles. The Bertz CT molecular complexity index is 832. The fourth-order valence-electron chi connectivity index (χ4n) is 4.04. The lowest BCUT2D eigenvalue weighted by molar-refractivity contribution is 0.0655. The van der Waals surface area contributed by atoms with Gasteiger partial charge in [0.1, 0.15) is 5.75 Å². The predicted molar refractivity (Wildman–Crippen MR) is 106 cm³/mol. The van der Waals surface area contributed by atoms with E-state index in [0.717, 1.165) is 44.5 Å². The topological polar surface area (TPSA) is 64.5 Å². The van der Waals surface area contributed by atoms with Crippen molar-refractivity contribution in [2.75, 3.05) is 26.8 Å². The Morgan fingerprint density at radius 2 is 1.93 bits per heavy atom. The SMILES string of the molecule is COc1ccccc1C(=O)N1CCC(COc2cc3c(nn2)CCCC3)CC1. The second-order valence-corrected chi connectivity index (χ2v) is 7.61. The lowest BCUT2D eigenvalue weighted by atomic mass is 9.96. The predicted octanol–water partition coefficient (Wildman–Crippen LogP) is 3.30. The number of hydrogen-bond donors (Lipinski definition) is 0. The molecular formula is C22H27N3O3. The van der Waals surface area contributed by atoms with Crippen LogP contribution in [0.4, 0.5) is 0 Å². The molecule has 1 amide bonds. The van der Waals surface area contributed by atoms with Gasteiger partial charge in [-0.2, -0.15) is 5.10 Å². The lowest BCUT2D eigenvalue weighted by Crippen LogP contribution is -2.39. The van der Waals surface area contributed by atoms with Crippen LogP contribution in [0.15, 0.2) is 30.3 Å². The fourth-order valence-corrected chi connectivity index (χ4v) is 4.04. The highest BCUT2D eigenvalue weighted by molar-refractivity contribution is 5.97. The van der Waals surface area contributed by atoms with E-state index in [0.29, 0.717) is 29.7 Å². The number of fused-ring (bicyclic) bond motifs is 1. The number of carbonyl (C=O) groups excluding carboxylic acids is 1. The number of methoxy groups -OCH3 is 1. The highest BCUT2D eigenvalue weighted by atomic mass is 16.5. The number of benzene rings is 1. The van der Waals surface area contributed by atoms with E-state index in [4.69, 9.17) is 9.47 Å². The van der Waals surface area contributed by atoms with E-state index in [2.05, 4.69) is 16.3 Å². The monoisotopic (exact) mass is 381 g/mol. The number of rotatable bonds is 5. The number of para-hydroxylation sites is 1. The standard InChI is InChI=1S/C22H27N3O3/c1-27-20-9-5-3-7-18(20)22(26)25-12-10-16(11-13-25)15-28-21-14-17-6-2-4-8-19(17)23-24-21/h3,5,7,9,14,16H,2,4,6,8,10-13,15H2,1H3. The minimum absolute atomic E-state index is 0.0392. The molecule has 0 spiro atoms. The summed E-state index contributed by atoms with van der Waals surface area (Å²) in [5, 5.41) is 8.56. The van der Waals surface area contributed by atoms with Crippen molar-refractivity contribution in [2.24, 2.45) is 5.92 Å². The number of piperidine rings is 1. The molecule has 1 aliphatic heterocycles. The zero-order chi connectivity index (χ0) is 19.3. The largest absolute Gasteiger partial charge is 0.496 e. The normalized spacial score (nSPS) is 17.1. The van der Waals surface area contributed by atoms with Gasteiger partial charge in [-0.05, 0) is 62.1 Å². The molecule has 0 N–H and O–H groups in total. The fraction of sp³-hybridized carbons (Fsp3) is 0.500. The number of carbonyl (C=O) groups is 1. The molecule has 0 atom stereocenters. The van der Waals surface area contributed by atoms with Crippen molar-refractivity contribution in [3.8, 4) is 11.6 Å². The van der Waals surface area contributed by atoms with Gasteiger partial charge in [0.2, 0.25) is 5.88 Å². The molecule has 148 valence electrons. The van der Waals surface area contributed by atoms with Crippen molar-refractivity contribution in [3.05, 3.63) is 47.2 Å². The summed E-state index contributed by atoms with van der Waals surface area (Å²) < 4.78 is 11.3. The van der Waals surface area contributed by atoms with Gasteiger partial charge in [-0.1, -0.05) is 12.1 Å². The van der Waals surface area contributed by atoms with E-state index >= 15 is 0 Å². The first-order valence-corrected chi connectivity index (χ1v) is 10.1. The Morgan fingerprint density at radius 1 is 1.14 bits per heavy atom. The molecule has 1 aromatic heterocycles. The minimum Gasteiger partial charge on any atom is -0.496 e. The van der Waals surface area contributed by atoms with Crippen LogP contribution in [0.25, 0.3) is 0 Å². The third-order valence-electron chi connectivity index (χ3n) is 5.75. The second kappa shape index (κ2) is 8.59. The Balaban J connectivity index is 1.29. The molecule has 28 heavy (non-hydrogen) atoms. The van der Waals surface area contributed by atoms with Crippen LogP contribution in [0.2, 0.25) is 0 Å². The minimum atomic E-state index is 0.0392. The van der Waals surface area contributed by atoms with Gasteiger partial charge in [0.05, 0.1) is 25.0 Å². The maximum absolute atomic E-state index is 12.8. The molecule has 2 aromatic rings. The van der Waals surface area contributed by atoms with Gasteiger partial charge in [0, 0.05) is 19.2 Å². The second-order valence-electron chi connectivity index (χ2n) is 7.61. The van der Waals surface area contributed by atoms with Crippen molar-refractivity contribution >= 4 is 5.91 Å². The van der Waals surface area contributed by atoms with Gasteiger partial charge < -0.3 is 14.4 Å². The van der Waals surface area contributed by atoms with Crippen LogP contribution in [0.3, 0.4) is 0 Å². The van der Waals surface area contributed by atoms with E-state index in [1.165, 1.54) is 18.4 Å².